The van der Waals surface area contributed by atoms with Crippen molar-refractivity contribution in [1.82, 2.24) is 14.8 Å². The number of ether oxygens (including phenoxy) is 2. The van der Waals surface area contributed by atoms with Crippen molar-refractivity contribution in [3.63, 3.8) is 0 Å². The molecular formula is C25H32N4O3S. The highest BCUT2D eigenvalue weighted by atomic mass is 32.2. The molecule has 8 heteroatoms. The average molecular weight is 469 g/mol. The van der Waals surface area contributed by atoms with Crippen LogP contribution in [0.25, 0.3) is 0 Å². The third-order valence-corrected chi connectivity index (χ3v) is 8.52. The lowest BCUT2D eigenvalue weighted by atomic mass is 9.49. The summed E-state index contributed by atoms with van der Waals surface area (Å²) in [5.74, 6) is 4.98. The minimum atomic E-state index is -0.129. The van der Waals surface area contributed by atoms with Crippen LogP contribution in [0.15, 0.2) is 36.0 Å². The molecule has 176 valence electrons. The van der Waals surface area contributed by atoms with E-state index in [1.54, 1.807) is 32.4 Å². The van der Waals surface area contributed by atoms with Gasteiger partial charge in [-0.1, -0.05) is 17.8 Å². The van der Waals surface area contributed by atoms with Crippen LogP contribution in [0, 0.1) is 17.8 Å². The highest BCUT2D eigenvalue weighted by Gasteiger charge is 2.53. The third-order valence-electron chi connectivity index (χ3n) is 7.55. The fourth-order valence-electron chi connectivity index (χ4n) is 6.69. The quantitative estimate of drug-likeness (QED) is 0.425. The topological polar surface area (TPSA) is 78.3 Å². The van der Waals surface area contributed by atoms with Crippen LogP contribution in [0.5, 0.6) is 11.5 Å². The van der Waals surface area contributed by atoms with Gasteiger partial charge >= 0.3 is 0 Å². The predicted octanol–water partition coefficient (Wildman–Crippen LogP) is 4.68. The normalized spacial score (nSPS) is 27.4. The lowest BCUT2D eigenvalue weighted by Gasteiger charge is -2.56. The minimum absolute atomic E-state index is 0.129. The van der Waals surface area contributed by atoms with E-state index in [2.05, 4.69) is 21.6 Å². The van der Waals surface area contributed by atoms with Crippen molar-refractivity contribution in [3.8, 4) is 11.5 Å². The summed E-state index contributed by atoms with van der Waals surface area (Å²) < 4.78 is 12.8. The molecule has 0 aliphatic heterocycles. The Morgan fingerprint density at radius 1 is 1.18 bits per heavy atom. The number of anilines is 1. The van der Waals surface area contributed by atoms with Crippen LogP contribution in [0.2, 0.25) is 0 Å². The van der Waals surface area contributed by atoms with Crippen molar-refractivity contribution in [1.29, 1.82) is 0 Å². The van der Waals surface area contributed by atoms with Crippen molar-refractivity contribution in [2.75, 3.05) is 25.3 Å². The number of allylic oxidation sites excluding steroid dienone is 1. The van der Waals surface area contributed by atoms with Crippen LogP contribution in [0.1, 0.15) is 44.3 Å². The number of amides is 1. The van der Waals surface area contributed by atoms with Gasteiger partial charge in [0.1, 0.15) is 17.3 Å². The molecule has 2 aromatic rings. The van der Waals surface area contributed by atoms with Gasteiger partial charge in [-0.05, 0) is 68.4 Å². The molecule has 0 saturated heterocycles. The summed E-state index contributed by atoms with van der Waals surface area (Å²) in [6.07, 6.45) is 9.77. The van der Waals surface area contributed by atoms with Crippen LogP contribution in [0.4, 0.5) is 5.69 Å². The molecule has 1 heterocycles. The molecular weight excluding hydrogens is 436 g/mol. The SMILES string of the molecule is C=CCn1c(SCC(=O)Nc2cc(OC)ccc2OC)nnc1C12CC3CC(CC(C3)C1)C2. The third kappa shape index (κ3) is 4.25. The Bertz CT molecular complexity index is 1010. The molecule has 1 N–H and O–H groups in total. The maximum absolute atomic E-state index is 12.7. The molecule has 0 radical (unpaired) electrons. The number of benzene rings is 1. The van der Waals surface area contributed by atoms with Crippen LogP contribution in [-0.2, 0) is 16.8 Å². The number of hydrogen-bond acceptors (Lipinski definition) is 6. The summed E-state index contributed by atoms with van der Waals surface area (Å²) in [5, 5.41) is 13.0. The molecule has 1 amide bonds. The number of thioether (sulfide) groups is 1. The van der Waals surface area contributed by atoms with Gasteiger partial charge in [-0.15, -0.1) is 16.8 Å². The van der Waals surface area contributed by atoms with E-state index in [1.807, 2.05) is 6.08 Å². The molecule has 6 rings (SSSR count). The molecule has 4 fully saturated rings. The molecule has 0 atom stereocenters. The van der Waals surface area contributed by atoms with Crippen molar-refractivity contribution in [2.45, 2.75) is 55.6 Å². The van der Waals surface area contributed by atoms with Gasteiger partial charge in [0.25, 0.3) is 0 Å². The molecule has 4 bridgehead atoms. The molecule has 0 spiro atoms. The molecule has 1 aromatic carbocycles. The first-order chi connectivity index (χ1) is 16.0. The molecule has 1 aromatic heterocycles. The monoisotopic (exact) mass is 468 g/mol. The number of aromatic nitrogens is 3. The Labute approximate surface area is 199 Å². The summed E-state index contributed by atoms with van der Waals surface area (Å²) >= 11 is 1.42. The van der Waals surface area contributed by atoms with E-state index in [0.29, 0.717) is 23.7 Å². The van der Waals surface area contributed by atoms with E-state index in [0.717, 1.165) is 28.7 Å². The number of rotatable bonds is 9. The number of nitrogens with one attached hydrogen (secondary N) is 1. The molecule has 33 heavy (non-hydrogen) atoms. The van der Waals surface area contributed by atoms with E-state index in [-0.39, 0.29) is 17.1 Å². The van der Waals surface area contributed by atoms with Crippen LogP contribution < -0.4 is 14.8 Å². The van der Waals surface area contributed by atoms with Gasteiger partial charge in [0, 0.05) is 18.0 Å². The van der Waals surface area contributed by atoms with Crippen LogP contribution in [-0.4, -0.2) is 40.6 Å². The lowest BCUT2D eigenvalue weighted by molar-refractivity contribution is -0.113. The highest BCUT2D eigenvalue weighted by Crippen LogP contribution is 2.60. The first-order valence-electron chi connectivity index (χ1n) is 11.7. The fourth-order valence-corrected chi connectivity index (χ4v) is 7.44. The fraction of sp³-hybridized carbons (Fsp3) is 0.560. The zero-order valence-electron chi connectivity index (χ0n) is 19.4. The summed E-state index contributed by atoms with van der Waals surface area (Å²) in [4.78, 5) is 12.7. The zero-order valence-corrected chi connectivity index (χ0v) is 20.2. The summed E-state index contributed by atoms with van der Waals surface area (Å²) in [6, 6.07) is 5.33. The van der Waals surface area contributed by atoms with Crippen molar-refractivity contribution < 1.29 is 14.3 Å². The van der Waals surface area contributed by atoms with Gasteiger partial charge in [-0.25, -0.2) is 0 Å². The van der Waals surface area contributed by atoms with E-state index in [4.69, 9.17) is 14.6 Å². The Morgan fingerprint density at radius 2 is 1.88 bits per heavy atom. The molecule has 4 saturated carbocycles. The second-order valence-corrected chi connectivity index (χ2v) is 10.7. The smallest absolute Gasteiger partial charge is 0.234 e. The maximum atomic E-state index is 12.7. The standard InChI is InChI=1S/C25H32N4O3S/c1-4-7-29-23(25-12-16-8-17(13-25)10-18(9-16)14-25)27-28-24(29)33-15-22(30)26-20-11-19(31-2)5-6-21(20)32-3/h4-6,11,16-18H,1,7-10,12-15H2,2-3H3,(H,26,30). The van der Waals surface area contributed by atoms with Crippen molar-refractivity contribution in [3.05, 3.63) is 36.7 Å². The van der Waals surface area contributed by atoms with E-state index in [9.17, 15) is 4.79 Å². The van der Waals surface area contributed by atoms with Gasteiger partial charge in [0.2, 0.25) is 5.91 Å². The minimum Gasteiger partial charge on any atom is -0.497 e. The number of carbonyl (C=O) groups excluding carboxylic acids is 1. The first-order valence-corrected chi connectivity index (χ1v) is 12.7. The molecule has 0 unspecified atom stereocenters. The summed E-state index contributed by atoms with van der Waals surface area (Å²) in [5.41, 5.74) is 0.740. The van der Waals surface area contributed by atoms with E-state index < -0.39 is 0 Å². The van der Waals surface area contributed by atoms with E-state index in [1.165, 1.54) is 50.3 Å². The molecule has 7 nitrogen and oxygen atoms in total. The van der Waals surface area contributed by atoms with Crippen LogP contribution in [0.3, 0.4) is 0 Å². The van der Waals surface area contributed by atoms with Crippen LogP contribution >= 0.6 is 11.8 Å². The Balaban J connectivity index is 1.31. The lowest BCUT2D eigenvalue weighted by Crippen LogP contribution is -2.49. The Morgan fingerprint density at radius 3 is 2.48 bits per heavy atom. The highest BCUT2D eigenvalue weighted by molar-refractivity contribution is 7.99. The Kier molecular flexibility index (Phi) is 6.12. The van der Waals surface area contributed by atoms with Gasteiger partial charge in [-0.3, -0.25) is 4.79 Å². The number of nitrogens with zero attached hydrogens (tertiary/aromatic N) is 3. The van der Waals surface area contributed by atoms with E-state index >= 15 is 0 Å². The maximum Gasteiger partial charge on any atom is 0.234 e. The predicted molar refractivity (Wildman–Crippen MR) is 129 cm³/mol. The second kappa shape index (κ2) is 9.05. The number of carbonyl (C=O) groups is 1. The zero-order chi connectivity index (χ0) is 23.0. The Hall–Kier alpha value is -2.48. The average Bonchev–Trinajstić information content (AvgIpc) is 3.20. The van der Waals surface area contributed by atoms with Gasteiger partial charge < -0.3 is 19.4 Å². The van der Waals surface area contributed by atoms with Gasteiger partial charge in [-0.2, -0.15) is 0 Å². The number of hydrogen-bond donors (Lipinski definition) is 1. The first kappa shape index (κ1) is 22.3. The van der Waals surface area contributed by atoms with Gasteiger partial charge in [0.15, 0.2) is 5.16 Å². The summed E-state index contributed by atoms with van der Waals surface area (Å²) in [6.45, 7) is 4.62. The largest absolute Gasteiger partial charge is 0.497 e. The molecule has 4 aliphatic carbocycles. The van der Waals surface area contributed by atoms with Crippen molar-refractivity contribution >= 4 is 23.4 Å². The summed E-state index contributed by atoms with van der Waals surface area (Å²) in [7, 11) is 3.17. The second-order valence-electron chi connectivity index (χ2n) is 9.81. The van der Waals surface area contributed by atoms with Gasteiger partial charge in [0.05, 0.1) is 25.7 Å². The number of methoxy groups -OCH3 is 2. The molecule has 4 aliphatic rings. The van der Waals surface area contributed by atoms with Crippen molar-refractivity contribution in [2.24, 2.45) is 17.8 Å².